The van der Waals surface area contributed by atoms with E-state index in [4.69, 9.17) is 0 Å². The van der Waals surface area contributed by atoms with E-state index in [1.54, 1.807) is 4.90 Å². The molecule has 5 aliphatic rings. The van der Waals surface area contributed by atoms with Gasteiger partial charge in [-0.05, 0) is 117 Å². The molecule has 5 rings (SSSR count). The molecular formula is C29H47NO5. The summed E-state index contributed by atoms with van der Waals surface area (Å²) in [5.74, 6) is 2.19. The maximum Gasteiger partial charge on any atom is 0.326 e. The average Bonchev–Trinajstić information content (AvgIpc) is 3.44. The van der Waals surface area contributed by atoms with Crippen molar-refractivity contribution in [2.45, 2.75) is 116 Å². The summed E-state index contributed by atoms with van der Waals surface area (Å²) >= 11 is 0. The van der Waals surface area contributed by atoms with Gasteiger partial charge in [0.1, 0.15) is 6.04 Å². The minimum atomic E-state index is -0.884. The van der Waals surface area contributed by atoms with Crippen LogP contribution in [0, 0.1) is 46.3 Å². The number of aliphatic carboxylic acids is 1. The van der Waals surface area contributed by atoms with Crippen LogP contribution in [0.3, 0.4) is 0 Å². The van der Waals surface area contributed by atoms with Gasteiger partial charge in [0.25, 0.3) is 0 Å². The zero-order valence-electron chi connectivity index (χ0n) is 22.0. The summed E-state index contributed by atoms with van der Waals surface area (Å²) in [6.07, 6.45) is 10.6. The van der Waals surface area contributed by atoms with Gasteiger partial charge in [-0.2, -0.15) is 0 Å². The van der Waals surface area contributed by atoms with Crippen molar-refractivity contribution >= 4 is 11.9 Å². The largest absolute Gasteiger partial charge is 0.480 e. The molecule has 11 atom stereocenters. The Morgan fingerprint density at radius 2 is 1.77 bits per heavy atom. The number of carbonyl (C=O) groups is 2. The fourth-order valence-corrected chi connectivity index (χ4v) is 10.2. The summed E-state index contributed by atoms with van der Waals surface area (Å²) in [6.45, 7) is 7.61. The van der Waals surface area contributed by atoms with E-state index in [2.05, 4.69) is 20.8 Å². The zero-order valence-corrected chi connectivity index (χ0v) is 22.0. The summed E-state index contributed by atoms with van der Waals surface area (Å²) in [4.78, 5) is 26.0. The highest BCUT2D eigenvalue weighted by Gasteiger charge is 2.63. The molecule has 3 N–H and O–H groups in total. The van der Waals surface area contributed by atoms with Gasteiger partial charge in [0.05, 0.1) is 12.2 Å². The summed E-state index contributed by atoms with van der Waals surface area (Å²) in [5, 5.41) is 31.4. The van der Waals surface area contributed by atoms with Crippen LogP contribution < -0.4 is 0 Å². The molecule has 5 fully saturated rings. The van der Waals surface area contributed by atoms with E-state index in [0.717, 1.165) is 44.9 Å². The Hall–Kier alpha value is -1.14. The molecule has 6 heteroatoms. The first-order chi connectivity index (χ1) is 16.6. The van der Waals surface area contributed by atoms with Gasteiger partial charge in [0.2, 0.25) is 5.91 Å². The van der Waals surface area contributed by atoms with Crippen molar-refractivity contribution in [1.82, 2.24) is 4.90 Å². The molecule has 0 spiro atoms. The average molecular weight is 490 g/mol. The molecule has 4 aliphatic carbocycles. The number of aliphatic hydroxyl groups is 2. The lowest BCUT2D eigenvalue weighted by Crippen LogP contribution is -2.58. The molecule has 1 aliphatic heterocycles. The number of rotatable bonds is 5. The van der Waals surface area contributed by atoms with Gasteiger partial charge >= 0.3 is 5.97 Å². The Balaban J connectivity index is 1.27. The van der Waals surface area contributed by atoms with Crippen LogP contribution in [0.1, 0.15) is 97.8 Å². The second kappa shape index (κ2) is 9.31. The van der Waals surface area contributed by atoms with Crippen molar-refractivity contribution in [3.63, 3.8) is 0 Å². The first-order valence-corrected chi connectivity index (χ1v) is 14.5. The predicted molar refractivity (Wildman–Crippen MR) is 133 cm³/mol. The third kappa shape index (κ3) is 4.05. The molecular weight excluding hydrogens is 442 g/mol. The summed E-state index contributed by atoms with van der Waals surface area (Å²) in [7, 11) is 0. The number of hydrogen-bond donors (Lipinski definition) is 3. The monoisotopic (exact) mass is 489 g/mol. The lowest BCUT2D eigenvalue weighted by molar-refractivity contribution is -0.175. The van der Waals surface area contributed by atoms with Crippen LogP contribution in [-0.4, -0.2) is 56.9 Å². The highest BCUT2D eigenvalue weighted by atomic mass is 16.4. The smallest absolute Gasteiger partial charge is 0.326 e. The van der Waals surface area contributed by atoms with Gasteiger partial charge < -0.3 is 20.2 Å². The van der Waals surface area contributed by atoms with Crippen LogP contribution in [0.2, 0.25) is 0 Å². The lowest BCUT2D eigenvalue weighted by atomic mass is 9.43. The molecule has 0 aromatic carbocycles. The SMILES string of the molecule is C[C@H](CCC(=O)N1CCC[C@H]1C(=O)O)[C@H]1CC[C@H]2[C@@H]3CC[C@@H]4C[C@H](O)CC[C@]4(C)[C@H]3C[C@H](O)[C@]12C. The molecule has 35 heavy (non-hydrogen) atoms. The second-order valence-corrected chi connectivity index (χ2v) is 13.5. The minimum Gasteiger partial charge on any atom is -0.480 e. The molecule has 1 saturated heterocycles. The van der Waals surface area contributed by atoms with Gasteiger partial charge in [-0.25, -0.2) is 4.79 Å². The van der Waals surface area contributed by atoms with Crippen LogP contribution in [0.25, 0.3) is 0 Å². The van der Waals surface area contributed by atoms with Crippen molar-refractivity contribution in [2.24, 2.45) is 46.3 Å². The maximum absolute atomic E-state index is 12.9. The van der Waals surface area contributed by atoms with E-state index in [1.165, 1.54) is 19.3 Å². The number of carboxylic acid groups (broad SMARTS) is 1. The van der Waals surface area contributed by atoms with Crippen molar-refractivity contribution in [3.8, 4) is 0 Å². The van der Waals surface area contributed by atoms with E-state index < -0.39 is 12.0 Å². The first kappa shape index (κ1) is 25.5. The lowest BCUT2D eigenvalue weighted by Gasteiger charge is -2.62. The Kier molecular flexibility index (Phi) is 6.78. The fourth-order valence-electron chi connectivity index (χ4n) is 10.2. The van der Waals surface area contributed by atoms with E-state index in [0.29, 0.717) is 54.9 Å². The summed E-state index contributed by atoms with van der Waals surface area (Å²) in [5.41, 5.74) is 0.148. The van der Waals surface area contributed by atoms with Crippen LogP contribution in [0.15, 0.2) is 0 Å². The minimum absolute atomic E-state index is 0.0172. The van der Waals surface area contributed by atoms with Crippen molar-refractivity contribution in [3.05, 3.63) is 0 Å². The van der Waals surface area contributed by atoms with E-state index in [1.807, 2.05) is 0 Å². The van der Waals surface area contributed by atoms with Gasteiger partial charge in [-0.3, -0.25) is 4.79 Å². The number of carboxylic acids is 1. The molecule has 1 heterocycles. The molecule has 1 amide bonds. The molecule has 0 aromatic rings. The van der Waals surface area contributed by atoms with E-state index in [-0.39, 0.29) is 28.9 Å². The van der Waals surface area contributed by atoms with Crippen molar-refractivity contribution in [2.75, 3.05) is 6.54 Å². The molecule has 0 radical (unpaired) electrons. The van der Waals surface area contributed by atoms with Crippen LogP contribution in [0.4, 0.5) is 0 Å². The Morgan fingerprint density at radius 1 is 1.00 bits per heavy atom. The highest BCUT2D eigenvalue weighted by Crippen LogP contribution is 2.68. The number of carbonyl (C=O) groups excluding carboxylic acids is 1. The van der Waals surface area contributed by atoms with E-state index >= 15 is 0 Å². The van der Waals surface area contributed by atoms with Gasteiger partial charge in [-0.15, -0.1) is 0 Å². The van der Waals surface area contributed by atoms with Gasteiger partial charge in [0.15, 0.2) is 0 Å². The molecule has 198 valence electrons. The summed E-state index contributed by atoms with van der Waals surface area (Å²) < 4.78 is 0. The third-order valence-corrected chi connectivity index (χ3v) is 12.2. The number of hydrogen-bond acceptors (Lipinski definition) is 4. The molecule has 4 saturated carbocycles. The standard InChI is InChI=1S/C29H47NO5/c1-17(6-11-26(33)30-14-4-5-24(30)27(34)35)21-9-10-22-20-8-7-18-15-19(31)12-13-28(18,2)23(20)16-25(32)29(21,22)3/h17-25,31-32H,4-16H2,1-3H3,(H,34,35)/t17-,18-,19-,20+,21-,22+,23+,24+,25+,28+,29-/m1/s1. The Labute approximate surface area is 210 Å². The molecule has 6 nitrogen and oxygen atoms in total. The first-order valence-electron chi connectivity index (χ1n) is 14.5. The summed E-state index contributed by atoms with van der Waals surface area (Å²) in [6, 6.07) is -0.652. The number of fused-ring (bicyclic) bond motifs is 5. The van der Waals surface area contributed by atoms with Gasteiger partial charge in [-0.1, -0.05) is 20.8 Å². The number of nitrogens with zero attached hydrogens (tertiary/aromatic N) is 1. The Morgan fingerprint density at radius 3 is 2.51 bits per heavy atom. The fraction of sp³-hybridized carbons (Fsp3) is 0.931. The number of aliphatic hydroxyl groups excluding tert-OH is 2. The third-order valence-electron chi connectivity index (χ3n) is 12.2. The second-order valence-electron chi connectivity index (χ2n) is 13.5. The maximum atomic E-state index is 12.9. The number of amides is 1. The normalized spacial score (nSPS) is 48.1. The van der Waals surface area contributed by atoms with E-state index in [9.17, 15) is 24.9 Å². The Bertz CT molecular complexity index is 832. The predicted octanol–water partition coefficient (Wildman–Crippen LogP) is 4.47. The van der Waals surface area contributed by atoms with Gasteiger partial charge in [0, 0.05) is 13.0 Å². The molecule has 0 unspecified atom stereocenters. The van der Waals surface area contributed by atoms with Crippen molar-refractivity contribution in [1.29, 1.82) is 0 Å². The number of likely N-dealkylation sites (tertiary alicyclic amines) is 1. The van der Waals surface area contributed by atoms with Crippen LogP contribution in [-0.2, 0) is 9.59 Å². The quantitative estimate of drug-likeness (QED) is 0.529. The highest BCUT2D eigenvalue weighted by molar-refractivity contribution is 5.84. The topological polar surface area (TPSA) is 98.1 Å². The van der Waals surface area contributed by atoms with Crippen LogP contribution >= 0.6 is 0 Å². The zero-order chi connectivity index (χ0) is 25.1. The van der Waals surface area contributed by atoms with Crippen molar-refractivity contribution < 1.29 is 24.9 Å². The molecule has 0 bridgehead atoms. The van der Waals surface area contributed by atoms with Crippen LogP contribution in [0.5, 0.6) is 0 Å². The molecule has 0 aromatic heterocycles.